The number of imidazole rings is 1. The van der Waals surface area contributed by atoms with Crippen LogP contribution in [0.25, 0.3) is 0 Å². The lowest BCUT2D eigenvalue weighted by atomic mass is 10.3. The van der Waals surface area contributed by atoms with Crippen molar-refractivity contribution >= 4 is 11.8 Å². The monoisotopic (exact) mass is 260 g/mol. The fourth-order valence-corrected chi connectivity index (χ4v) is 1.70. The SMILES string of the molecule is CCc1cc(NCCc2ncc[nH]2)nc(N(C)C)n1. The maximum atomic E-state index is 4.47. The molecule has 0 saturated carbocycles. The Morgan fingerprint density at radius 3 is 2.79 bits per heavy atom. The Morgan fingerprint density at radius 2 is 2.16 bits per heavy atom. The summed E-state index contributed by atoms with van der Waals surface area (Å²) in [5.41, 5.74) is 1.04. The summed E-state index contributed by atoms with van der Waals surface area (Å²) in [6, 6.07) is 2.00. The van der Waals surface area contributed by atoms with Crippen molar-refractivity contribution in [1.82, 2.24) is 19.9 Å². The van der Waals surface area contributed by atoms with Crippen LogP contribution in [0.15, 0.2) is 18.5 Å². The first-order chi connectivity index (χ1) is 9.19. The highest BCUT2D eigenvalue weighted by Crippen LogP contribution is 2.12. The van der Waals surface area contributed by atoms with E-state index in [9.17, 15) is 0 Å². The maximum Gasteiger partial charge on any atom is 0.226 e. The first-order valence-corrected chi connectivity index (χ1v) is 6.46. The Hall–Kier alpha value is -2.11. The molecule has 0 aromatic carbocycles. The molecule has 19 heavy (non-hydrogen) atoms. The van der Waals surface area contributed by atoms with Crippen LogP contribution in [0.5, 0.6) is 0 Å². The second-order valence-corrected chi connectivity index (χ2v) is 4.51. The number of anilines is 2. The predicted molar refractivity (Wildman–Crippen MR) is 76.5 cm³/mol. The molecule has 2 rings (SSSR count). The number of aromatic amines is 1. The molecule has 0 spiro atoms. The molecule has 0 fully saturated rings. The van der Waals surface area contributed by atoms with E-state index < -0.39 is 0 Å². The Morgan fingerprint density at radius 1 is 1.32 bits per heavy atom. The predicted octanol–water partition coefficient (Wildman–Crippen LogP) is 1.48. The topological polar surface area (TPSA) is 69.7 Å². The molecule has 2 N–H and O–H groups in total. The summed E-state index contributed by atoms with van der Waals surface area (Å²) in [5.74, 6) is 2.58. The minimum atomic E-state index is 0.736. The molecule has 102 valence electrons. The van der Waals surface area contributed by atoms with E-state index in [1.54, 1.807) is 6.20 Å². The van der Waals surface area contributed by atoms with E-state index in [-0.39, 0.29) is 0 Å². The van der Waals surface area contributed by atoms with Gasteiger partial charge in [-0.25, -0.2) is 9.97 Å². The zero-order chi connectivity index (χ0) is 13.7. The van der Waals surface area contributed by atoms with Gasteiger partial charge in [0.05, 0.1) is 0 Å². The normalized spacial score (nSPS) is 10.5. The third kappa shape index (κ3) is 3.67. The molecule has 0 atom stereocenters. The van der Waals surface area contributed by atoms with Gasteiger partial charge in [0.25, 0.3) is 0 Å². The van der Waals surface area contributed by atoms with Gasteiger partial charge in [0, 0.05) is 51.2 Å². The van der Waals surface area contributed by atoms with Crippen LogP contribution >= 0.6 is 0 Å². The zero-order valence-electron chi connectivity index (χ0n) is 11.6. The van der Waals surface area contributed by atoms with Crippen LogP contribution in [0.1, 0.15) is 18.4 Å². The van der Waals surface area contributed by atoms with E-state index >= 15 is 0 Å². The van der Waals surface area contributed by atoms with E-state index in [0.29, 0.717) is 0 Å². The lowest BCUT2D eigenvalue weighted by molar-refractivity contribution is 0.903. The summed E-state index contributed by atoms with van der Waals surface area (Å²) in [5, 5.41) is 3.32. The minimum absolute atomic E-state index is 0.736. The van der Waals surface area contributed by atoms with Crippen molar-refractivity contribution in [3.8, 4) is 0 Å². The summed E-state index contributed by atoms with van der Waals surface area (Å²) >= 11 is 0. The van der Waals surface area contributed by atoms with Crippen molar-refractivity contribution in [1.29, 1.82) is 0 Å². The minimum Gasteiger partial charge on any atom is -0.369 e. The number of aryl methyl sites for hydroxylation is 1. The molecular weight excluding hydrogens is 240 g/mol. The molecule has 2 heterocycles. The lowest BCUT2D eigenvalue weighted by Gasteiger charge is -2.13. The quantitative estimate of drug-likeness (QED) is 0.823. The van der Waals surface area contributed by atoms with Crippen molar-refractivity contribution in [2.45, 2.75) is 19.8 Å². The van der Waals surface area contributed by atoms with Gasteiger partial charge in [-0.15, -0.1) is 0 Å². The lowest BCUT2D eigenvalue weighted by Crippen LogP contribution is -2.16. The Bertz CT molecular complexity index is 506. The number of hydrogen-bond acceptors (Lipinski definition) is 5. The largest absolute Gasteiger partial charge is 0.369 e. The van der Waals surface area contributed by atoms with E-state index in [1.165, 1.54) is 0 Å². The van der Waals surface area contributed by atoms with Crippen molar-refractivity contribution in [2.75, 3.05) is 30.9 Å². The number of nitrogens with one attached hydrogen (secondary N) is 2. The summed E-state index contributed by atoms with van der Waals surface area (Å²) in [7, 11) is 3.89. The van der Waals surface area contributed by atoms with Gasteiger partial charge < -0.3 is 15.2 Å². The van der Waals surface area contributed by atoms with Crippen LogP contribution in [0, 0.1) is 0 Å². The molecule has 2 aromatic heterocycles. The number of nitrogens with zero attached hydrogens (tertiary/aromatic N) is 4. The molecule has 0 radical (unpaired) electrons. The van der Waals surface area contributed by atoms with Gasteiger partial charge in [-0.3, -0.25) is 0 Å². The van der Waals surface area contributed by atoms with E-state index in [1.807, 2.05) is 31.3 Å². The van der Waals surface area contributed by atoms with Crippen LogP contribution in [0.3, 0.4) is 0 Å². The standard InChI is InChI=1S/C13H20N6/c1-4-10-9-12(18-13(17-10)19(2)3)14-6-5-11-15-7-8-16-11/h7-9H,4-6H2,1-3H3,(H,15,16)(H,14,17,18). The Balaban J connectivity index is 2.00. The molecule has 0 saturated heterocycles. The summed E-state index contributed by atoms with van der Waals surface area (Å²) in [6.07, 6.45) is 5.34. The fraction of sp³-hybridized carbons (Fsp3) is 0.462. The molecule has 0 aliphatic rings. The molecule has 0 aliphatic carbocycles. The van der Waals surface area contributed by atoms with Gasteiger partial charge in [0.2, 0.25) is 5.95 Å². The molecular formula is C13H20N6. The Kier molecular flexibility index (Phi) is 4.33. The molecule has 0 bridgehead atoms. The number of aromatic nitrogens is 4. The summed E-state index contributed by atoms with van der Waals surface area (Å²) in [4.78, 5) is 18.1. The third-order valence-electron chi connectivity index (χ3n) is 2.75. The van der Waals surface area contributed by atoms with Crippen LogP contribution < -0.4 is 10.2 Å². The van der Waals surface area contributed by atoms with Gasteiger partial charge in [-0.2, -0.15) is 4.98 Å². The summed E-state index contributed by atoms with van der Waals surface area (Å²) in [6.45, 7) is 2.88. The first-order valence-electron chi connectivity index (χ1n) is 6.46. The molecule has 2 aromatic rings. The van der Waals surface area contributed by atoms with E-state index in [4.69, 9.17) is 0 Å². The second kappa shape index (κ2) is 6.17. The van der Waals surface area contributed by atoms with Crippen LogP contribution in [0.4, 0.5) is 11.8 Å². The van der Waals surface area contributed by atoms with Gasteiger partial charge >= 0.3 is 0 Å². The van der Waals surface area contributed by atoms with Crippen LogP contribution in [0.2, 0.25) is 0 Å². The smallest absolute Gasteiger partial charge is 0.226 e. The highest BCUT2D eigenvalue weighted by Gasteiger charge is 2.05. The first kappa shape index (κ1) is 13.3. The number of H-pyrrole nitrogens is 1. The molecule has 6 heteroatoms. The van der Waals surface area contributed by atoms with Crippen molar-refractivity contribution < 1.29 is 0 Å². The van der Waals surface area contributed by atoms with Crippen LogP contribution in [-0.2, 0) is 12.8 Å². The maximum absolute atomic E-state index is 4.47. The van der Waals surface area contributed by atoms with Gasteiger partial charge in [-0.05, 0) is 6.42 Å². The van der Waals surface area contributed by atoms with Gasteiger partial charge in [-0.1, -0.05) is 6.92 Å². The van der Waals surface area contributed by atoms with E-state index in [2.05, 4.69) is 32.2 Å². The highest BCUT2D eigenvalue weighted by molar-refractivity contribution is 5.43. The zero-order valence-corrected chi connectivity index (χ0v) is 11.6. The number of hydrogen-bond donors (Lipinski definition) is 2. The molecule has 0 unspecified atom stereocenters. The van der Waals surface area contributed by atoms with Crippen molar-refractivity contribution in [3.05, 3.63) is 30.0 Å². The average molecular weight is 260 g/mol. The van der Waals surface area contributed by atoms with E-state index in [0.717, 1.165) is 42.7 Å². The summed E-state index contributed by atoms with van der Waals surface area (Å²) < 4.78 is 0. The average Bonchev–Trinajstić information content (AvgIpc) is 2.91. The molecule has 0 aliphatic heterocycles. The van der Waals surface area contributed by atoms with Gasteiger partial charge in [0.15, 0.2) is 0 Å². The van der Waals surface area contributed by atoms with Gasteiger partial charge in [0.1, 0.15) is 11.6 Å². The molecule has 6 nitrogen and oxygen atoms in total. The van der Waals surface area contributed by atoms with Crippen molar-refractivity contribution in [3.63, 3.8) is 0 Å². The van der Waals surface area contributed by atoms with Crippen molar-refractivity contribution in [2.24, 2.45) is 0 Å². The Labute approximate surface area is 113 Å². The highest BCUT2D eigenvalue weighted by atomic mass is 15.2. The second-order valence-electron chi connectivity index (χ2n) is 4.51. The van der Waals surface area contributed by atoms with Crippen LogP contribution in [-0.4, -0.2) is 40.6 Å². The third-order valence-corrected chi connectivity index (χ3v) is 2.75. The molecule has 0 amide bonds. The fourth-order valence-electron chi connectivity index (χ4n) is 1.70. The number of rotatable bonds is 6.